The van der Waals surface area contributed by atoms with E-state index < -0.39 is 41.2 Å². The predicted molar refractivity (Wildman–Crippen MR) is 155 cm³/mol. The lowest BCUT2D eigenvalue weighted by Crippen LogP contribution is -2.54. The number of carbonyl (C=O) groups excluding carboxylic acids is 2. The molecule has 0 saturated carbocycles. The monoisotopic (exact) mass is 566 g/mol. The summed E-state index contributed by atoms with van der Waals surface area (Å²) in [7, 11) is 3.79. The van der Waals surface area contributed by atoms with E-state index in [2.05, 4.69) is 4.98 Å². The third kappa shape index (κ3) is 8.19. The molecule has 1 fully saturated rings. The molecule has 3 N–H and O–H groups in total. The van der Waals surface area contributed by atoms with Gasteiger partial charge in [0, 0.05) is 17.2 Å². The molecule has 0 amide bonds. The number of thiazole rings is 1. The van der Waals surface area contributed by atoms with E-state index in [-0.39, 0.29) is 30.1 Å². The fraction of sp³-hybridized carbons (Fsp3) is 0.767. The largest absolute Gasteiger partial charge is 0.456 e. The Labute approximate surface area is 238 Å². The van der Waals surface area contributed by atoms with Crippen LogP contribution in [0.5, 0.6) is 0 Å². The molecule has 1 aliphatic rings. The molecule has 0 aliphatic carbocycles. The van der Waals surface area contributed by atoms with Crippen LogP contribution in [0.3, 0.4) is 0 Å². The quantitative estimate of drug-likeness (QED) is 0.465. The van der Waals surface area contributed by atoms with Crippen LogP contribution in [0, 0.1) is 30.1 Å². The number of likely N-dealkylation sites (N-methyl/N-ethyl adjacent to an activating group) is 1. The normalized spacial score (nSPS) is 36.2. The van der Waals surface area contributed by atoms with E-state index in [1.54, 1.807) is 27.7 Å². The summed E-state index contributed by atoms with van der Waals surface area (Å²) >= 11 is 1.53. The van der Waals surface area contributed by atoms with Crippen molar-refractivity contribution in [2.24, 2.45) is 23.2 Å². The van der Waals surface area contributed by atoms with E-state index in [9.17, 15) is 24.9 Å². The van der Waals surface area contributed by atoms with Gasteiger partial charge in [-0.25, -0.2) is 4.98 Å². The van der Waals surface area contributed by atoms with E-state index in [0.717, 1.165) is 16.3 Å². The lowest BCUT2D eigenvalue weighted by atomic mass is 9.72. The lowest BCUT2D eigenvalue weighted by molar-refractivity contribution is -0.159. The number of nitrogens with zero attached hydrogens (tertiary/aromatic N) is 2. The molecule has 39 heavy (non-hydrogen) atoms. The number of ketones is 1. The third-order valence-electron chi connectivity index (χ3n) is 8.80. The van der Waals surface area contributed by atoms with E-state index in [1.807, 2.05) is 58.1 Å². The number of aliphatic hydroxyl groups is 3. The number of ether oxygens (including phenoxy) is 1. The molecular formula is C30H50N2O6S. The zero-order chi connectivity index (χ0) is 29.9. The fourth-order valence-corrected chi connectivity index (χ4v) is 6.29. The molecule has 1 saturated heterocycles. The Morgan fingerprint density at radius 3 is 2.33 bits per heavy atom. The van der Waals surface area contributed by atoms with E-state index in [4.69, 9.17) is 4.74 Å². The number of hydrogen-bond donors (Lipinski definition) is 3. The van der Waals surface area contributed by atoms with Crippen molar-refractivity contribution < 1.29 is 29.6 Å². The predicted octanol–water partition coefficient (Wildman–Crippen LogP) is 4.25. The highest BCUT2D eigenvalue weighted by Crippen LogP contribution is 2.36. The second-order valence-electron chi connectivity index (χ2n) is 12.6. The van der Waals surface area contributed by atoms with Crippen LogP contribution < -0.4 is 0 Å². The summed E-state index contributed by atoms with van der Waals surface area (Å²) in [6.07, 6.45) is 0.379. The first-order chi connectivity index (χ1) is 17.9. The van der Waals surface area contributed by atoms with Gasteiger partial charge in [-0.2, -0.15) is 0 Å². The minimum Gasteiger partial charge on any atom is -0.456 e. The highest BCUT2D eigenvalue weighted by Gasteiger charge is 2.45. The second-order valence-corrected chi connectivity index (χ2v) is 13.7. The average molecular weight is 567 g/mol. The molecule has 9 heteroatoms. The van der Waals surface area contributed by atoms with Gasteiger partial charge in [-0.05, 0) is 65.3 Å². The molecule has 222 valence electrons. The van der Waals surface area contributed by atoms with Gasteiger partial charge in [0.05, 0.1) is 46.4 Å². The van der Waals surface area contributed by atoms with Crippen LogP contribution in [0.2, 0.25) is 0 Å². The fourth-order valence-electron chi connectivity index (χ4n) is 5.72. The third-order valence-corrected chi connectivity index (χ3v) is 9.59. The molecule has 2 rings (SSSR count). The molecule has 1 aromatic heterocycles. The van der Waals surface area contributed by atoms with E-state index in [0.29, 0.717) is 19.3 Å². The number of carbonyl (C=O) groups is 2. The summed E-state index contributed by atoms with van der Waals surface area (Å²) in [6.45, 7) is 14.4. The Balaban J connectivity index is 2.57. The Morgan fingerprint density at radius 1 is 1.18 bits per heavy atom. The highest BCUT2D eigenvalue weighted by atomic mass is 32.1. The first-order valence-corrected chi connectivity index (χ1v) is 14.9. The van der Waals surface area contributed by atoms with E-state index in [1.165, 1.54) is 11.3 Å². The maximum Gasteiger partial charge on any atom is 0.309 e. The van der Waals surface area contributed by atoms with Crippen molar-refractivity contribution in [3.63, 3.8) is 0 Å². The van der Waals surface area contributed by atoms with E-state index >= 15 is 0 Å². The van der Waals surface area contributed by atoms with Crippen LogP contribution in [0.25, 0.3) is 6.08 Å². The van der Waals surface area contributed by atoms with Crippen molar-refractivity contribution in [1.82, 2.24) is 9.88 Å². The maximum absolute atomic E-state index is 13.4. The number of hydrogen-bond acceptors (Lipinski definition) is 9. The van der Waals surface area contributed by atoms with Gasteiger partial charge < -0.3 is 25.0 Å². The molecule has 1 unspecified atom stereocenters. The number of esters is 1. The Kier molecular flexibility index (Phi) is 11.5. The lowest BCUT2D eigenvalue weighted by Gasteiger charge is -2.43. The van der Waals surface area contributed by atoms with Gasteiger partial charge in [-0.3, -0.25) is 9.59 Å². The molecule has 0 aromatic carbocycles. The van der Waals surface area contributed by atoms with Gasteiger partial charge in [0.2, 0.25) is 0 Å². The summed E-state index contributed by atoms with van der Waals surface area (Å²) < 4.78 is 6.09. The summed E-state index contributed by atoms with van der Waals surface area (Å²) in [6, 6.07) is -0.386. The van der Waals surface area contributed by atoms with Gasteiger partial charge in [-0.15, -0.1) is 11.3 Å². The van der Waals surface area contributed by atoms with Crippen molar-refractivity contribution in [2.75, 3.05) is 14.1 Å². The van der Waals surface area contributed by atoms with Crippen molar-refractivity contribution in [3.8, 4) is 0 Å². The van der Waals surface area contributed by atoms with Crippen LogP contribution in [-0.4, -0.2) is 81.0 Å². The van der Waals surface area contributed by atoms with Crippen LogP contribution in [0.15, 0.2) is 11.0 Å². The van der Waals surface area contributed by atoms with Gasteiger partial charge in [0.15, 0.2) is 0 Å². The Bertz CT molecular complexity index is 1020. The first kappa shape index (κ1) is 33.6. The number of cyclic esters (lactones) is 1. The molecule has 0 spiro atoms. The minimum atomic E-state index is -1.29. The minimum absolute atomic E-state index is 0.176. The summed E-state index contributed by atoms with van der Waals surface area (Å²) in [5, 5.41) is 36.5. The summed E-state index contributed by atoms with van der Waals surface area (Å²) in [5.74, 6) is -2.13. The van der Waals surface area contributed by atoms with Crippen molar-refractivity contribution in [3.05, 3.63) is 21.7 Å². The van der Waals surface area contributed by atoms with Gasteiger partial charge >= 0.3 is 5.97 Å². The zero-order valence-corrected chi connectivity index (χ0v) is 26.2. The smallest absolute Gasteiger partial charge is 0.309 e. The van der Waals surface area contributed by atoms with Gasteiger partial charge in [0.25, 0.3) is 0 Å². The second kappa shape index (κ2) is 13.3. The van der Waals surface area contributed by atoms with Crippen molar-refractivity contribution >= 4 is 29.2 Å². The summed E-state index contributed by atoms with van der Waals surface area (Å²) in [5.41, 5.74) is -0.816. The molecule has 8 atom stereocenters. The number of aromatic nitrogens is 1. The SMILES string of the molecule is C/C(=C\c1csc(C)n1)[C@H]1OC(=O)C[C@H](O)C(C)(C)C(=O)[C@H](C)[C@@H](O)[C@@H](C)CCC[C@@](C)(O)[C@@H](C)C1N(C)C. The molecule has 1 aliphatic heterocycles. The summed E-state index contributed by atoms with van der Waals surface area (Å²) in [4.78, 5) is 33.2. The van der Waals surface area contributed by atoms with Crippen molar-refractivity contribution in [2.45, 2.75) is 111 Å². The molecule has 8 nitrogen and oxygen atoms in total. The molecule has 0 radical (unpaired) electrons. The average Bonchev–Trinajstić information content (AvgIpc) is 3.24. The zero-order valence-electron chi connectivity index (χ0n) is 25.4. The van der Waals surface area contributed by atoms with Crippen LogP contribution in [0.4, 0.5) is 0 Å². The molecule has 0 bridgehead atoms. The molecular weight excluding hydrogens is 516 g/mol. The molecule has 1 aromatic rings. The van der Waals surface area contributed by atoms with Gasteiger partial charge in [-0.1, -0.05) is 41.0 Å². The number of rotatable bonds is 3. The molecule has 2 heterocycles. The highest BCUT2D eigenvalue weighted by molar-refractivity contribution is 7.09. The van der Waals surface area contributed by atoms with Gasteiger partial charge in [0.1, 0.15) is 11.9 Å². The topological polar surface area (TPSA) is 120 Å². The standard InChI is InChI=1S/C30H50N2O6S/c1-17-12-11-13-30(8,37)20(4)25(32(9)10)27(18(2)14-22-16-39-21(5)31-22)38-24(34)15-23(33)29(6,7)28(36)19(3)26(17)35/h14,16-17,19-20,23,25-27,33,35,37H,11-13,15H2,1-10H3/b18-14+/t17-,19+,20-,23-,25?,26-,27+,30+/m0/s1. The number of aliphatic hydroxyl groups excluding tert-OH is 2. The first-order valence-electron chi connectivity index (χ1n) is 14.0. The van der Waals surface area contributed by atoms with Crippen LogP contribution >= 0.6 is 11.3 Å². The maximum atomic E-state index is 13.4. The van der Waals surface area contributed by atoms with Crippen molar-refractivity contribution in [1.29, 1.82) is 0 Å². The van der Waals surface area contributed by atoms with Crippen LogP contribution in [0.1, 0.15) is 84.9 Å². The van der Waals surface area contributed by atoms with Crippen LogP contribution in [-0.2, 0) is 14.3 Å². The number of aryl methyl sites for hydroxylation is 1. The Morgan fingerprint density at radius 2 is 1.79 bits per heavy atom. The number of Topliss-reactive ketones (excluding diaryl/α,β-unsaturated/α-hetero) is 1. The Hall–Kier alpha value is -1.65.